The maximum absolute atomic E-state index is 5.37. The second kappa shape index (κ2) is 5.83. The summed E-state index contributed by atoms with van der Waals surface area (Å²) < 4.78 is 5.37. The SMILES string of the molecule is Cc1cccc(-c2cc(CNCC(C)C)no2)c1. The molecule has 18 heavy (non-hydrogen) atoms. The maximum Gasteiger partial charge on any atom is 0.167 e. The van der Waals surface area contributed by atoms with E-state index in [4.69, 9.17) is 4.52 Å². The van der Waals surface area contributed by atoms with Crippen molar-refractivity contribution >= 4 is 0 Å². The van der Waals surface area contributed by atoms with Crippen molar-refractivity contribution in [3.05, 3.63) is 41.6 Å². The van der Waals surface area contributed by atoms with Gasteiger partial charge in [-0.3, -0.25) is 0 Å². The van der Waals surface area contributed by atoms with Crippen molar-refractivity contribution in [2.75, 3.05) is 6.54 Å². The van der Waals surface area contributed by atoms with Gasteiger partial charge in [0.25, 0.3) is 0 Å². The monoisotopic (exact) mass is 244 g/mol. The Balaban J connectivity index is 2.02. The minimum absolute atomic E-state index is 0.646. The molecule has 1 aromatic heterocycles. The van der Waals surface area contributed by atoms with Crippen molar-refractivity contribution in [3.63, 3.8) is 0 Å². The van der Waals surface area contributed by atoms with Gasteiger partial charge in [-0.25, -0.2) is 0 Å². The van der Waals surface area contributed by atoms with Crippen LogP contribution < -0.4 is 5.32 Å². The summed E-state index contributed by atoms with van der Waals surface area (Å²) in [6.07, 6.45) is 0. The molecule has 0 aliphatic heterocycles. The van der Waals surface area contributed by atoms with Gasteiger partial charge in [0.2, 0.25) is 0 Å². The van der Waals surface area contributed by atoms with E-state index < -0.39 is 0 Å². The number of benzene rings is 1. The molecule has 0 spiro atoms. The summed E-state index contributed by atoms with van der Waals surface area (Å²) in [6.45, 7) is 8.20. The van der Waals surface area contributed by atoms with Gasteiger partial charge in [-0.2, -0.15) is 0 Å². The summed E-state index contributed by atoms with van der Waals surface area (Å²) >= 11 is 0. The van der Waals surface area contributed by atoms with Gasteiger partial charge in [-0.05, 0) is 25.5 Å². The third-order valence-corrected chi connectivity index (χ3v) is 2.72. The molecule has 3 heteroatoms. The number of aryl methyl sites for hydroxylation is 1. The Labute approximate surface area is 108 Å². The molecule has 2 aromatic rings. The van der Waals surface area contributed by atoms with Crippen LogP contribution in [0.4, 0.5) is 0 Å². The number of hydrogen-bond acceptors (Lipinski definition) is 3. The summed E-state index contributed by atoms with van der Waals surface area (Å²) in [5, 5.41) is 7.44. The third-order valence-electron chi connectivity index (χ3n) is 2.72. The summed E-state index contributed by atoms with van der Waals surface area (Å²) in [6, 6.07) is 10.3. The van der Waals surface area contributed by atoms with Crippen molar-refractivity contribution in [1.82, 2.24) is 10.5 Å². The van der Waals surface area contributed by atoms with E-state index in [9.17, 15) is 0 Å². The van der Waals surface area contributed by atoms with Gasteiger partial charge in [-0.15, -0.1) is 0 Å². The van der Waals surface area contributed by atoms with E-state index in [1.165, 1.54) is 5.56 Å². The summed E-state index contributed by atoms with van der Waals surface area (Å²) in [5.74, 6) is 1.48. The summed E-state index contributed by atoms with van der Waals surface area (Å²) in [7, 11) is 0. The Morgan fingerprint density at radius 3 is 2.83 bits per heavy atom. The number of aromatic nitrogens is 1. The summed E-state index contributed by atoms with van der Waals surface area (Å²) in [5.41, 5.74) is 3.26. The van der Waals surface area contributed by atoms with Crippen LogP contribution in [-0.2, 0) is 6.54 Å². The van der Waals surface area contributed by atoms with E-state index in [-0.39, 0.29) is 0 Å². The molecule has 0 unspecified atom stereocenters. The standard InChI is InChI=1S/C15H20N2O/c1-11(2)9-16-10-14-8-15(18-17-14)13-6-4-5-12(3)7-13/h4-8,11,16H,9-10H2,1-3H3. The number of rotatable bonds is 5. The van der Waals surface area contributed by atoms with Crippen LogP contribution in [0.3, 0.4) is 0 Å². The van der Waals surface area contributed by atoms with E-state index >= 15 is 0 Å². The molecule has 0 aliphatic carbocycles. The molecule has 1 aromatic carbocycles. The number of nitrogens with zero attached hydrogens (tertiary/aromatic N) is 1. The summed E-state index contributed by atoms with van der Waals surface area (Å²) in [4.78, 5) is 0. The fourth-order valence-electron chi connectivity index (χ4n) is 1.82. The van der Waals surface area contributed by atoms with E-state index in [1.54, 1.807) is 0 Å². The van der Waals surface area contributed by atoms with E-state index in [0.29, 0.717) is 5.92 Å². The number of nitrogens with one attached hydrogen (secondary N) is 1. The van der Waals surface area contributed by atoms with Crippen molar-refractivity contribution in [3.8, 4) is 11.3 Å². The third kappa shape index (κ3) is 3.44. The average molecular weight is 244 g/mol. The molecule has 2 rings (SSSR count). The van der Waals surface area contributed by atoms with Crippen molar-refractivity contribution < 1.29 is 4.52 Å². The lowest BCUT2D eigenvalue weighted by molar-refractivity contribution is 0.418. The van der Waals surface area contributed by atoms with E-state index in [2.05, 4.69) is 43.4 Å². The average Bonchev–Trinajstić information content (AvgIpc) is 2.77. The lowest BCUT2D eigenvalue weighted by atomic mass is 10.1. The molecule has 96 valence electrons. The molecular weight excluding hydrogens is 224 g/mol. The van der Waals surface area contributed by atoms with E-state index in [1.807, 2.05) is 18.2 Å². The van der Waals surface area contributed by atoms with Crippen LogP contribution in [0.5, 0.6) is 0 Å². The highest BCUT2D eigenvalue weighted by Crippen LogP contribution is 2.21. The quantitative estimate of drug-likeness (QED) is 0.876. The van der Waals surface area contributed by atoms with Crippen LogP contribution in [0.25, 0.3) is 11.3 Å². The molecule has 0 atom stereocenters. The topological polar surface area (TPSA) is 38.1 Å². The van der Waals surface area contributed by atoms with Gasteiger partial charge < -0.3 is 9.84 Å². The molecule has 0 aliphatic rings. The smallest absolute Gasteiger partial charge is 0.167 e. The Morgan fingerprint density at radius 1 is 1.28 bits per heavy atom. The fraction of sp³-hybridized carbons (Fsp3) is 0.400. The highest BCUT2D eigenvalue weighted by molar-refractivity contribution is 5.58. The van der Waals surface area contributed by atoms with Crippen LogP contribution in [0.2, 0.25) is 0 Å². The zero-order valence-electron chi connectivity index (χ0n) is 11.2. The van der Waals surface area contributed by atoms with Crippen LogP contribution >= 0.6 is 0 Å². The molecular formula is C15H20N2O. The largest absolute Gasteiger partial charge is 0.356 e. The van der Waals surface area contributed by atoms with E-state index in [0.717, 1.165) is 30.1 Å². The van der Waals surface area contributed by atoms with Gasteiger partial charge >= 0.3 is 0 Å². The second-order valence-corrected chi connectivity index (χ2v) is 5.08. The van der Waals surface area contributed by atoms with Gasteiger partial charge in [-0.1, -0.05) is 42.8 Å². The highest BCUT2D eigenvalue weighted by atomic mass is 16.5. The lowest BCUT2D eigenvalue weighted by Crippen LogP contribution is -2.18. The fourth-order valence-corrected chi connectivity index (χ4v) is 1.82. The molecule has 0 saturated carbocycles. The van der Waals surface area contributed by atoms with Crippen molar-refractivity contribution in [2.24, 2.45) is 5.92 Å². The highest BCUT2D eigenvalue weighted by Gasteiger charge is 2.06. The predicted molar refractivity (Wildman–Crippen MR) is 73.2 cm³/mol. The normalized spacial score (nSPS) is 11.1. The molecule has 1 N–H and O–H groups in total. The Kier molecular flexibility index (Phi) is 4.15. The molecule has 0 fully saturated rings. The zero-order valence-corrected chi connectivity index (χ0v) is 11.2. The van der Waals surface area contributed by atoms with Crippen LogP contribution in [-0.4, -0.2) is 11.7 Å². The van der Waals surface area contributed by atoms with Gasteiger partial charge in [0, 0.05) is 18.2 Å². The first-order valence-electron chi connectivity index (χ1n) is 6.38. The zero-order chi connectivity index (χ0) is 13.0. The van der Waals surface area contributed by atoms with Gasteiger partial charge in [0.05, 0.1) is 5.69 Å². The Morgan fingerprint density at radius 2 is 2.11 bits per heavy atom. The molecule has 3 nitrogen and oxygen atoms in total. The first-order valence-corrected chi connectivity index (χ1v) is 6.38. The molecule has 0 amide bonds. The molecule has 0 radical (unpaired) electrons. The Bertz CT molecular complexity index is 503. The molecule has 0 saturated heterocycles. The maximum atomic E-state index is 5.37. The van der Waals surface area contributed by atoms with Gasteiger partial charge in [0.1, 0.15) is 0 Å². The minimum Gasteiger partial charge on any atom is -0.356 e. The predicted octanol–water partition coefficient (Wildman–Crippen LogP) is 3.40. The Hall–Kier alpha value is -1.61. The second-order valence-electron chi connectivity index (χ2n) is 5.08. The first kappa shape index (κ1) is 12.8. The van der Waals surface area contributed by atoms with Crippen LogP contribution in [0, 0.1) is 12.8 Å². The van der Waals surface area contributed by atoms with Gasteiger partial charge in [0.15, 0.2) is 5.76 Å². The number of hydrogen-bond donors (Lipinski definition) is 1. The lowest BCUT2D eigenvalue weighted by Gasteiger charge is -2.04. The van der Waals surface area contributed by atoms with Crippen LogP contribution in [0.15, 0.2) is 34.9 Å². The van der Waals surface area contributed by atoms with Crippen molar-refractivity contribution in [2.45, 2.75) is 27.3 Å². The molecule has 1 heterocycles. The van der Waals surface area contributed by atoms with Crippen LogP contribution in [0.1, 0.15) is 25.1 Å². The first-order chi connectivity index (χ1) is 8.65. The van der Waals surface area contributed by atoms with Crippen molar-refractivity contribution in [1.29, 1.82) is 0 Å². The molecule has 0 bridgehead atoms. The minimum atomic E-state index is 0.646.